The summed E-state index contributed by atoms with van der Waals surface area (Å²) in [7, 11) is 0. The van der Waals surface area contributed by atoms with Gasteiger partial charge in [0.25, 0.3) is 0 Å². The van der Waals surface area contributed by atoms with Gasteiger partial charge in [0.1, 0.15) is 6.17 Å². The van der Waals surface area contributed by atoms with Crippen LogP contribution in [0.3, 0.4) is 0 Å². The molecular weight excluding hydrogens is 300 g/mol. The molecule has 0 aromatic heterocycles. The number of halogens is 3. The number of carbonyl (C=O) groups is 1. The lowest BCUT2D eigenvalue weighted by molar-refractivity contribution is -0.112. The average molecular weight is 322 g/mol. The molecule has 2 bridgehead atoms. The molecule has 0 spiro atoms. The number of hydrogen-bond acceptors (Lipinski definition) is 1. The van der Waals surface area contributed by atoms with Crippen LogP contribution in [0.2, 0.25) is 0 Å². The summed E-state index contributed by atoms with van der Waals surface area (Å²) in [4.78, 5) is 11.1. The van der Waals surface area contributed by atoms with Gasteiger partial charge in [0, 0.05) is 12.0 Å². The van der Waals surface area contributed by atoms with Gasteiger partial charge in [-0.05, 0) is 56.3 Å². The van der Waals surface area contributed by atoms with E-state index in [1.807, 2.05) is 0 Å². The highest BCUT2D eigenvalue weighted by atomic mass is 35.5. The molecule has 0 saturated heterocycles. The van der Waals surface area contributed by atoms with Crippen LogP contribution in [0.15, 0.2) is 0 Å². The summed E-state index contributed by atoms with van der Waals surface area (Å²) in [6.07, 6.45) is 6.54. The fraction of sp³-hybridized carbons (Fsp3) is 0.933. The first-order chi connectivity index (χ1) is 9.57. The van der Waals surface area contributed by atoms with Gasteiger partial charge in [0.2, 0.25) is 6.41 Å². The lowest BCUT2D eigenvalue weighted by Crippen LogP contribution is -2.56. The summed E-state index contributed by atoms with van der Waals surface area (Å²) in [5.41, 5.74) is 0.0572. The first kappa shape index (κ1) is 14.9. The van der Waals surface area contributed by atoms with Gasteiger partial charge in [-0.15, -0.1) is 23.2 Å². The zero-order valence-electron chi connectivity index (χ0n) is 11.5. The van der Waals surface area contributed by atoms with Crippen molar-refractivity contribution in [2.45, 2.75) is 67.9 Å². The maximum atomic E-state index is 14.5. The molecule has 4 unspecified atom stereocenters. The van der Waals surface area contributed by atoms with E-state index < -0.39 is 11.5 Å². The number of carbonyl (C=O) groups excluding carboxylic acids is 1. The van der Waals surface area contributed by atoms with Crippen LogP contribution >= 0.6 is 23.2 Å². The van der Waals surface area contributed by atoms with E-state index in [4.69, 9.17) is 23.2 Å². The van der Waals surface area contributed by atoms with E-state index in [0.717, 1.165) is 31.6 Å². The van der Waals surface area contributed by atoms with Crippen molar-refractivity contribution < 1.29 is 9.18 Å². The third-order valence-electron chi connectivity index (χ3n) is 5.94. The van der Waals surface area contributed by atoms with E-state index in [9.17, 15) is 9.18 Å². The van der Waals surface area contributed by atoms with Crippen molar-refractivity contribution in [2.24, 2.45) is 17.3 Å². The number of rotatable bonds is 4. The van der Waals surface area contributed by atoms with E-state index in [-0.39, 0.29) is 22.8 Å². The van der Waals surface area contributed by atoms with Gasteiger partial charge in [-0.25, -0.2) is 4.39 Å². The Morgan fingerprint density at radius 1 is 1.20 bits per heavy atom. The Kier molecular flexibility index (Phi) is 4.20. The third-order valence-corrected chi connectivity index (χ3v) is 7.15. The van der Waals surface area contributed by atoms with Crippen molar-refractivity contribution in [3.8, 4) is 0 Å². The van der Waals surface area contributed by atoms with Crippen LogP contribution in [0.25, 0.3) is 0 Å². The van der Waals surface area contributed by atoms with Crippen LogP contribution in [0.4, 0.5) is 4.39 Å². The first-order valence-electron chi connectivity index (χ1n) is 7.69. The first-order valence-corrected chi connectivity index (χ1v) is 8.56. The molecular formula is C15H22Cl2FNO. The van der Waals surface area contributed by atoms with E-state index in [1.165, 1.54) is 12.8 Å². The molecule has 2 nitrogen and oxygen atoms in total. The summed E-state index contributed by atoms with van der Waals surface area (Å²) in [5.74, 6) is 0.406. The van der Waals surface area contributed by atoms with Crippen LogP contribution < -0.4 is 5.32 Å². The van der Waals surface area contributed by atoms with Gasteiger partial charge < -0.3 is 5.32 Å². The number of fused-ring (bicyclic) bond motifs is 2. The summed E-state index contributed by atoms with van der Waals surface area (Å²) in [5, 5.41) is 2.34. The minimum atomic E-state index is -0.959. The van der Waals surface area contributed by atoms with Gasteiger partial charge in [0.05, 0.1) is 10.8 Å². The van der Waals surface area contributed by atoms with E-state index in [0.29, 0.717) is 12.8 Å². The topological polar surface area (TPSA) is 29.1 Å². The zero-order chi connectivity index (χ0) is 14.3. The number of nitrogens with one attached hydrogen (secondary N) is 1. The Labute approximate surface area is 129 Å². The SMILES string of the molecule is O=CN[C@H](C1C(F)CCC(Cl)C1Cl)C12CCC(CC1)C2. The Balaban J connectivity index is 1.87. The van der Waals surface area contributed by atoms with Gasteiger partial charge in [-0.3, -0.25) is 4.79 Å². The summed E-state index contributed by atoms with van der Waals surface area (Å²) < 4.78 is 14.5. The Morgan fingerprint density at radius 2 is 1.90 bits per heavy atom. The highest BCUT2D eigenvalue weighted by Crippen LogP contribution is 2.58. The molecule has 1 N–H and O–H groups in total. The lowest BCUT2D eigenvalue weighted by Gasteiger charge is -2.46. The van der Waals surface area contributed by atoms with Gasteiger partial charge in [-0.2, -0.15) is 0 Å². The molecule has 3 saturated carbocycles. The number of alkyl halides is 3. The maximum absolute atomic E-state index is 14.5. The van der Waals surface area contributed by atoms with Crippen molar-refractivity contribution in [1.29, 1.82) is 0 Å². The molecule has 3 aliphatic rings. The zero-order valence-corrected chi connectivity index (χ0v) is 13.0. The molecule has 114 valence electrons. The minimum Gasteiger partial charge on any atom is -0.355 e. The molecule has 1 amide bonds. The lowest BCUT2D eigenvalue weighted by atomic mass is 9.67. The average Bonchev–Trinajstić information content (AvgIpc) is 3.04. The fourth-order valence-electron chi connectivity index (χ4n) is 4.95. The molecule has 0 aliphatic heterocycles. The van der Waals surface area contributed by atoms with Crippen LogP contribution in [0, 0.1) is 17.3 Å². The summed E-state index contributed by atoms with van der Waals surface area (Å²) >= 11 is 12.7. The monoisotopic (exact) mass is 321 g/mol. The Morgan fingerprint density at radius 3 is 2.45 bits per heavy atom. The maximum Gasteiger partial charge on any atom is 0.207 e. The van der Waals surface area contributed by atoms with Crippen LogP contribution in [-0.2, 0) is 4.79 Å². The molecule has 20 heavy (non-hydrogen) atoms. The van der Waals surface area contributed by atoms with Gasteiger partial charge in [-0.1, -0.05) is 0 Å². The second-order valence-electron chi connectivity index (χ2n) is 6.90. The van der Waals surface area contributed by atoms with E-state index in [2.05, 4.69) is 5.32 Å². The van der Waals surface area contributed by atoms with Gasteiger partial charge in [0.15, 0.2) is 0 Å². The molecule has 5 heteroatoms. The van der Waals surface area contributed by atoms with Crippen LogP contribution in [0.5, 0.6) is 0 Å². The molecule has 3 fully saturated rings. The molecule has 0 heterocycles. The smallest absolute Gasteiger partial charge is 0.207 e. The predicted molar refractivity (Wildman–Crippen MR) is 78.9 cm³/mol. The second kappa shape index (κ2) is 5.64. The van der Waals surface area contributed by atoms with Gasteiger partial charge >= 0.3 is 0 Å². The number of amides is 1. The highest BCUT2D eigenvalue weighted by molar-refractivity contribution is 6.30. The van der Waals surface area contributed by atoms with Crippen molar-refractivity contribution in [1.82, 2.24) is 5.32 Å². The van der Waals surface area contributed by atoms with Crippen molar-refractivity contribution in [2.75, 3.05) is 0 Å². The van der Waals surface area contributed by atoms with Crippen molar-refractivity contribution in [3.05, 3.63) is 0 Å². The summed E-state index contributed by atoms with van der Waals surface area (Å²) in [6.45, 7) is 0. The second-order valence-corrected chi connectivity index (χ2v) is 7.97. The van der Waals surface area contributed by atoms with Crippen LogP contribution in [-0.4, -0.2) is 29.4 Å². The predicted octanol–water partition coefficient (Wildman–Crippen LogP) is 3.64. The fourth-order valence-corrected chi connectivity index (χ4v) is 5.67. The largest absolute Gasteiger partial charge is 0.355 e. The summed E-state index contributed by atoms with van der Waals surface area (Å²) in [6, 6.07) is -0.161. The normalized spacial score (nSPS) is 49.0. The highest BCUT2D eigenvalue weighted by Gasteiger charge is 2.55. The molecule has 3 rings (SSSR count). The Hall–Kier alpha value is -0.0200. The van der Waals surface area contributed by atoms with Crippen molar-refractivity contribution >= 4 is 29.6 Å². The molecule has 0 aromatic carbocycles. The van der Waals surface area contributed by atoms with E-state index >= 15 is 0 Å². The quantitative estimate of drug-likeness (QED) is 0.621. The molecule has 3 aliphatic carbocycles. The minimum absolute atomic E-state index is 0.0572. The molecule has 0 radical (unpaired) electrons. The third kappa shape index (κ3) is 2.35. The molecule has 5 atom stereocenters. The van der Waals surface area contributed by atoms with E-state index in [1.54, 1.807) is 0 Å². The van der Waals surface area contributed by atoms with Crippen molar-refractivity contribution in [3.63, 3.8) is 0 Å². The standard InChI is InChI=1S/C15H22Cl2FNO/c16-10-1-2-11(18)12(13(10)17)14(19-8-20)15-5-3-9(7-15)4-6-15/h8-14H,1-7H2,(H,19,20)/t9?,10?,11?,12?,13?,14-,15?/m1/s1. The number of hydrogen-bond donors (Lipinski definition) is 1. The Bertz CT molecular complexity index is 373. The molecule has 0 aromatic rings. The van der Waals surface area contributed by atoms with Crippen LogP contribution in [0.1, 0.15) is 44.9 Å².